The topological polar surface area (TPSA) is 64.0 Å². The first kappa shape index (κ1) is 13.7. The molecule has 0 radical (unpaired) electrons. The Kier molecular flexibility index (Phi) is 3.81. The summed E-state index contributed by atoms with van der Waals surface area (Å²) < 4.78 is 28.1. The lowest BCUT2D eigenvalue weighted by Crippen LogP contribution is -2.48. The summed E-state index contributed by atoms with van der Waals surface area (Å²) in [6, 6.07) is 0. The number of alkyl halides is 1. The molecule has 0 fully saturated rings. The molecule has 5 nitrogen and oxygen atoms in total. The van der Waals surface area contributed by atoms with Crippen molar-refractivity contribution in [3.05, 3.63) is 12.4 Å². The van der Waals surface area contributed by atoms with Crippen LogP contribution >= 0.6 is 15.9 Å². The van der Waals surface area contributed by atoms with Gasteiger partial charge in [0.1, 0.15) is 4.90 Å². The number of hydrogen-bond donors (Lipinski definition) is 1. The molecule has 0 bridgehead atoms. The fourth-order valence-electron chi connectivity index (χ4n) is 1.02. The molecule has 1 N–H and O–H groups in total. The summed E-state index contributed by atoms with van der Waals surface area (Å²) in [5.41, 5.74) is -0.561. The molecule has 0 saturated carbocycles. The van der Waals surface area contributed by atoms with Crippen molar-refractivity contribution < 1.29 is 8.42 Å². The van der Waals surface area contributed by atoms with Crippen molar-refractivity contribution in [2.24, 2.45) is 7.05 Å². The highest BCUT2D eigenvalue weighted by Crippen LogP contribution is 2.20. The van der Waals surface area contributed by atoms with Gasteiger partial charge in [-0.2, -0.15) is 5.10 Å². The molecule has 0 spiro atoms. The minimum atomic E-state index is -3.51. The van der Waals surface area contributed by atoms with E-state index < -0.39 is 15.6 Å². The number of aryl methyl sites for hydroxylation is 1. The van der Waals surface area contributed by atoms with Crippen LogP contribution in [0.15, 0.2) is 17.3 Å². The van der Waals surface area contributed by atoms with E-state index in [9.17, 15) is 8.42 Å². The first-order valence-corrected chi connectivity index (χ1v) is 7.22. The molecule has 1 unspecified atom stereocenters. The van der Waals surface area contributed by atoms with Crippen LogP contribution in [0.4, 0.5) is 0 Å². The number of sulfonamides is 1. The van der Waals surface area contributed by atoms with Crippen molar-refractivity contribution >= 4 is 26.0 Å². The summed E-state index contributed by atoms with van der Waals surface area (Å²) in [6.07, 6.45) is 2.80. The molecular formula is C9H16BrN3O2S. The Morgan fingerprint density at radius 3 is 2.50 bits per heavy atom. The predicted octanol–water partition coefficient (Wildman–Crippen LogP) is 1.26. The number of aromatic nitrogens is 2. The Morgan fingerprint density at radius 1 is 1.56 bits per heavy atom. The van der Waals surface area contributed by atoms with E-state index in [1.165, 1.54) is 17.1 Å². The molecule has 0 saturated heterocycles. The van der Waals surface area contributed by atoms with E-state index >= 15 is 0 Å². The highest BCUT2D eigenvalue weighted by molar-refractivity contribution is 9.09. The van der Waals surface area contributed by atoms with Gasteiger partial charge in [0.15, 0.2) is 0 Å². The van der Waals surface area contributed by atoms with Crippen molar-refractivity contribution in [1.82, 2.24) is 14.5 Å². The van der Waals surface area contributed by atoms with E-state index in [1.807, 2.05) is 20.8 Å². The molecule has 0 amide bonds. The van der Waals surface area contributed by atoms with E-state index in [4.69, 9.17) is 0 Å². The summed E-state index contributed by atoms with van der Waals surface area (Å²) >= 11 is 3.38. The highest BCUT2D eigenvalue weighted by Gasteiger charge is 2.30. The largest absolute Gasteiger partial charge is 0.274 e. The summed E-state index contributed by atoms with van der Waals surface area (Å²) in [6.45, 7) is 5.53. The van der Waals surface area contributed by atoms with Crippen molar-refractivity contribution in [3.8, 4) is 0 Å². The summed E-state index contributed by atoms with van der Waals surface area (Å²) in [7, 11) is -1.83. The van der Waals surface area contributed by atoms with Gasteiger partial charge in [0.05, 0.1) is 6.20 Å². The molecule has 0 aliphatic heterocycles. The summed E-state index contributed by atoms with van der Waals surface area (Å²) in [4.78, 5) is 0.197. The van der Waals surface area contributed by atoms with Crippen molar-refractivity contribution in [1.29, 1.82) is 0 Å². The van der Waals surface area contributed by atoms with Crippen LogP contribution in [0.2, 0.25) is 0 Å². The molecule has 1 rings (SSSR count). The first-order chi connectivity index (χ1) is 7.15. The highest BCUT2D eigenvalue weighted by atomic mass is 79.9. The molecule has 0 aliphatic rings. The zero-order valence-electron chi connectivity index (χ0n) is 9.73. The third-order valence-electron chi connectivity index (χ3n) is 2.38. The standard InChI is InChI=1S/C9H16BrN3O2S/c1-7(10)9(2,3)12-16(14,15)8-5-11-13(4)6-8/h5-7,12H,1-4H3. The van der Waals surface area contributed by atoms with Crippen molar-refractivity contribution in [2.75, 3.05) is 0 Å². The van der Waals surface area contributed by atoms with Crippen LogP contribution in [0.5, 0.6) is 0 Å². The van der Waals surface area contributed by atoms with Crippen LogP contribution in [-0.4, -0.2) is 28.6 Å². The van der Waals surface area contributed by atoms with Gasteiger partial charge in [-0.05, 0) is 13.8 Å². The Morgan fingerprint density at radius 2 is 2.12 bits per heavy atom. The maximum atomic E-state index is 12.0. The van der Waals surface area contributed by atoms with E-state index in [2.05, 4.69) is 25.8 Å². The second-order valence-corrected chi connectivity index (χ2v) is 7.35. The maximum absolute atomic E-state index is 12.0. The van der Waals surface area contributed by atoms with Crippen molar-refractivity contribution in [2.45, 2.75) is 36.0 Å². The number of hydrogen-bond acceptors (Lipinski definition) is 3. The minimum Gasteiger partial charge on any atom is -0.274 e. The van der Waals surface area contributed by atoms with Gasteiger partial charge in [-0.15, -0.1) is 0 Å². The van der Waals surface area contributed by atoms with E-state index in [-0.39, 0.29) is 9.72 Å². The summed E-state index contributed by atoms with van der Waals surface area (Å²) in [5.74, 6) is 0. The molecule has 1 aromatic rings. The SMILES string of the molecule is CC(Br)C(C)(C)NS(=O)(=O)c1cnn(C)c1. The molecule has 1 atom stereocenters. The number of nitrogens with zero attached hydrogens (tertiary/aromatic N) is 2. The molecule has 16 heavy (non-hydrogen) atoms. The second kappa shape index (κ2) is 4.46. The zero-order valence-corrected chi connectivity index (χ0v) is 12.1. The molecule has 0 aliphatic carbocycles. The minimum absolute atomic E-state index is 0.0199. The normalized spacial score (nSPS) is 15.1. The average molecular weight is 310 g/mol. The molecule has 1 aromatic heterocycles. The van der Waals surface area contributed by atoms with Crippen LogP contribution in [-0.2, 0) is 17.1 Å². The maximum Gasteiger partial charge on any atom is 0.244 e. The van der Waals surface area contributed by atoms with E-state index in [1.54, 1.807) is 7.05 Å². The van der Waals surface area contributed by atoms with Gasteiger partial charge in [-0.25, -0.2) is 13.1 Å². The smallest absolute Gasteiger partial charge is 0.244 e. The Balaban J connectivity index is 2.97. The third kappa shape index (κ3) is 3.05. The van der Waals surface area contributed by atoms with Gasteiger partial charge in [0, 0.05) is 23.6 Å². The molecule has 0 aromatic carbocycles. The van der Waals surface area contributed by atoms with Gasteiger partial charge in [-0.3, -0.25) is 4.68 Å². The predicted molar refractivity (Wildman–Crippen MR) is 66.0 cm³/mol. The van der Waals surface area contributed by atoms with Gasteiger partial charge >= 0.3 is 0 Å². The molecule has 1 heterocycles. The fourth-order valence-corrected chi connectivity index (χ4v) is 2.75. The van der Waals surface area contributed by atoms with E-state index in [0.717, 1.165) is 0 Å². The van der Waals surface area contributed by atoms with Gasteiger partial charge in [0.2, 0.25) is 10.0 Å². The van der Waals surface area contributed by atoms with Crippen molar-refractivity contribution in [3.63, 3.8) is 0 Å². The molecule has 92 valence electrons. The Bertz CT molecular complexity index is 465. The lowest BCUT2D eigenvalue weighted by molar-refractivity contribution is 0.454. The van der Waals surface area contributed by atoms with Gasteiger partial charge in [0.25, 0.3) is 0 Å². The van der Waals surface area contributed by atoms with Crippen LogP contribution < -0.4 is 4.72 Å². The van der Waals surface area contributed by atoms with Crippen LogP contribution in [0, 0.1) is 0 Å². The number of nitrogens with one attached hydrogen (secondary N) is 1. The average Bonchev–Trinajstić information content (AvgIpc) is 2.50. The second-order valence-electron chi connectivity index (χ2n) is 4.29. The Hall–Kier alpha value is -0.400. The quantitative estimate of drug-likeness (QED) is 0.852. The van der Waals surface area contributed by atoms with Crippen LogP contribution in [0.25, 0.3) is 0 Å². The first-order valence-electron chi connectivity index (χ1n) is 4.82. The molecule has 7 heteroatoms. The lowest BCUT2D eigenvalue weighted by Gasteiger charge is -2.28. The van der Waals surface area contributed by atoms with Crippen LogP contribution in [0.3, 0.4) is 0 Å². The van der Waals surface area contributed by atoms with Crippen LogP contribution in [0.1, 0.15) is 20.8 Å². The van der Waals surface area contributed by atoms with E-state index in [0.29, 0.717) is 0 Å². The van der Waals surface area contributed by atoms with Gasteiger partial charge < -0.3 is 0 Å². The van der Waals surface area contributed by atoms with Gasteiger partial charge in [-0.1, -0.05) is 22.9 Å². The Labute approximate surface area is 104 Å². The monoisotopic (exact) mass is 309 g/mol. The number of rotatable bonds is 4. The lowest BCUT2D eigenvalue weighted by atomic mass is 10.0. The zero-order chi connectivity index (χ0) is 12.6. The third-order valence-corrected chi connectivity index (χ3v) is 5.15. The number of halogens is 1. The summed E-state index contributed by atoms with van der Waals surface area (Å²) in [5, 5.41) is 3.84. The molecular weight excluding hydrogens is 294 g/mol. The fraction of sp³-hybridized carbons (Fsp3) is 0.667.